The van der Waals surface area contributed by atoms with Crippen molar-refractivity contribution in [2.24, 2.45) is 5.92 Å². The van der Waals surface area contributed by atoms with Gasteiger partial charge in [-0.15, -0.1) is 0 Å². The third-order valence-electron chi connectivity index (χ3n) is 3.36. The summed E-state index contributed by atoms with van der Waals surface area (Å²) in [7, 11) is 1.71. The summed E-state index contributed by atoms with van der Waals surface area (Å²) in [5.41, 5.74) is 1.21. The molecule has 1 aliphatic rings. The number of methoxy groups -OCH3 is 1. The van der Waals surface area contributed by atoms with E-state index in [1.165, 1.54) is 18.5 Å². The Morgan fingerprint density at radius 3 is 2.94 bits per heavy atom. The molecule has 0 aliphatic carbocycles. The summed E-state index contributed by atoms with van der Waals surface area (Å²) in [6.07, 6.45) is 4.26. The highest BCUT2D eigenvalue weighted by molar-refractivity contribution is 5.28. The van der Waals surface area contributed by atoms with Crippen LogP contribution in [0.3, 0.4) is 0 Å². The molecule has 1 aromatic rings. The summed E-state index contributed by atoms with van der Waals surface area (Å²) < 4.78 is 7.42. The van der Waals surface area contributed by atoms with E-state index in [0.29, 0.717) is 6.04 Å². The number of aromatic nitrogens is 2. The van der Waals surface area contributed by atoms with Crippen LogP contribution >= 0.6 is 0 Å². The number of rotatable bonds is 3. The number of nitrogens with zero attached hydrogens (tertiary/aromatic N) is 2. The molecule has 0 bridgehead atoms. The van der Waals surface area contributed by atoms with Crippen molar-refractivity contribution in [2.45, 2.75) is 39.3 Å². The Kier molecular flexibility index (Phi) is 3.49. The zero-order valence-corrected chi connectivity index (χ0v) is 10.4. The van der Waals surface area contributed by atoms with Crippen LogP contribution in [-0.2, 0) is 6.54 Å². The first-order valence-corrected chi connectivity index (χ1v) is 6.09. The second-order valence-electron chi connectivity index (χ2n) is 4.56. The van der Waals surface area contributed by atoms with Crippen LogP contribution in [-0.4, -0.2) is 23.4 Å². The predicted octanol–water partition coefficient (Wildman–Crippen LogP) is 1.97. The fraction of sp³-hybridized carbons (Fsp3) is 0.750. The van der Waals surface area contributed by atoms with E-state index in [1.54, 1.807) is 7.11 Å². The zero-order valence-electron chi connectivity index (χ0n) is 10.4. The minimum atomic E-state index is 0.397. The molecule has 4 heteroatoms. The quantitative estimate of drug-likeness (QED) is 0.851. The molecule has 4 nitrogen and oxygen atoms in total. The molecule has 1 N–H and O–H groups in total. The maximum atomic E-state index is 5.38. The summed E-state index contributed by atoms with van der Waals surface area (Å²) >= 11 is 0. The zero-order chi connectivity index (χ0) is 11.5. The Morgan fingerprint density at radius 2 is 2.38 bits per heavy atom. The summed E-state index contributed by atoms with van der Waals surface area (Å²) in [5, 5.41) is 7.93. The van der Waals surface area contributed by atoms with Gasteiger partial charge in [-0.1, -0.05) is 6.92 Å². The van der Waals surface area contributed by atoms with Crippen LogP contribution in [0.4, 0.5) is 0 Å². The van der Waals surface area contributed by atoms with E-state index < -0.39 is 0 Å². The first kappa shape index (κ1) is 11.5. The van der Waals surface area contributed by atoms with Crippen molar-refractivity contribution in [1.29, 1.82) is 0 Å². The molecular formula is C12H21N3O. The highest BCUT2D eigenvalue weighted by Gasteiger charge is 2.25. The molecule has 2 heterocycles. The minimum Gasteiger partial charge on any atom is -0.493 e. The van der Waals surface area contributed by atoms with E-state index in [1.807, 2.05) is 10.9 Å². The van der Waals surface area contributed by atoms with Gasteiger partial charge in [0.1, 0.15) is 0 Å². The third-order valence-corrected chi connectivity index (χ3v) is 3.36. The lowest BCUT2D eigenvalue weighted by Crippen LogP contribution is -2.33. The fourth-order valence-electron chi connectivity index (χ4n) is 2.37. The fourth-order valence-corrected chi connectivity index (χ4v) is 2.37. The normalized spacial score (nSPS) is 25.7. The predicted molar refractivity (Wildman–Crippen MR) is 63.6 cm³/mol. The molecular weight excluding hydrogens is 202 g/mol. The summed E-state index contributed by atoms with van der Waals surface area (Å²) in [5.74, 6) is 1.69. The van der Waals surface area contributed by atoms with Crippen LogP contribution in [0.2, 0.25) is 0 Å². The SMILES string of the molecule is CCn1ncc(OC)c1C1CCC(C)CN1. The standard InChI is InChI=1S/C12H21N3O/c1-4-15-12(11(16-3)8-14-15)10-6-5-9(2)7-13-10/h8-10,13H,4-7H2,1-3H3. The van der Waals surface area contributed by atoms with Crippen LogP contribution in [0.25, 0.3) is 0 Å². The molecule has 16 heavy (non-hydrogen) atoms. The molecule has 0 spiro atoms. The van der Waals surface area contributed by atoms with Gasteiger partial charge < -0.3 is 10.1 Å². The number of aryl methyl sites for hydroxylation is 1. The lowest BCUT2D eigenvalue weighted by Gasteiger charge is -2.28. The van der Waals surface area contributed by atoms with Crippen LogP contribution < -0.4 is 10.1 Å². The van der Waals surface area contributed by atoms with Crippen molar-refractivity contribution in [2.75, 3.05) is 13.7 Å². The molecule has 1 aromatic heterocycles. The topological polar surface area (TPSA) is 39.1 Å². The van der Waals surface area contributed by atoms with Crippen molar-refractivity contribution in [3.05, 3.63) is 11.9 Å². The smallest absolute Gasteiger partial charge is 0.161 e. The summed E-state index contributed by atoms with van der Waals surface area (Å²) in [6.45, 7) is 6.38. The van der Waals surface area contributed by atoms with Gasteiger partial charge in [0.2, 0.25) is 0 Å². The van der Waals surface area contributed by atoms with E-state index >= 15 is 0 Å². The van der Waals surface area contributed by atoms with Gasteiger partial charge in [-0.05, 0) is 32.2 Å². The number of ether oxygens (including phenoxy) is 1. The van der Waals surface area contributed by atoms with Crippen molar-refractivity contribution in [1.82, 2.24) is 15.1 Å². The van der Waals surface area contributed by atoms with E-state index in [4.69, 9.17) is 4.74 Å². The Hall–Kier alpha value is -1.03. The Morgan fingerprint density at radius 1 is 1.56 bits per heavy atom. The third kappa shape index (κ3) is 2.07. The monoisotopic (exact) mass is 223 g/mol. The van der Waals surface area contributed by atoms with Gasteiger partial charge in [-0.3, -0.25) is 4.68 Å². The maximum Gasteiger partial charge on any atom is 0.161 e. The molecule has 0 radical (unpaired) electrons. The van der Waals surface area contributed by atoms with Gasteiger partial charge in [0.25, 0.3) is 0 Å². The number of piperidine rings is 1. The second kappa shape index (κ2) is 4.87. The highest BCUT2D eigenvalue weighted by Crippen LogP contribution is 2.31. The van der Waals surface area contributed by atoms with E-state index in [-0.39, 0.29) is 0 Å². The Labute approximate surface area is 97.0 Å². The second-order valence-corrected chi connectivity index (χ2v) is 4.56. The molecule has 1 fully saturated rings. The van der Waals surface area contributed by atoms with Crippen molar-refractivity contribution < 1.29 is 4.74 Å². The largest absolute Gasteiger partial charge is 0.493 e. The van der Waals surface area contributed by atoms with Gasteiger partial charge in [-0.25, -0.2) is 0 Å². The van der Waals surface area contributed by atoms with E-state index in [0.717, 1.165) is 24.8 Å². The molecule has 2 atom stereocenters. The Balaban J connectivity index is 2.21. The first-order chi connectivity index (χ1) is 7.76. The molecule has 90 valence electrons. The number of nitrogens with one attached hydrogen (secondary N) is 1. The molecule has 2 unspecified atom stereocenters. The van der Waals surface area contributed by atoms with E-state index in [9.17, 15) is 0 Å². The number of hydrogen-bond acceptors (Lipinski definition) is 3. The van der Waals surface area contributed by atoms with E-state index in [2.05, 4.69) is 24.3 Å². The first-order valence-electron chi connectivity index (χ1n) is 6.09. The summed E-state index contributed by atoms with van der Waals surface area (Å²) in [4.78, 5) is 0. The summed E-state index contributed by atoms with van der Waals surface area (Å²) in [6, 6.07) is 0.397. The Bertz CT molecular complexity index is 319. The molecule has 1 saturated heterocycles. The van der Waals surface area contributed by atoms with Gasteiger partial charge in [0.05, 0.1) is 25.0 Å². The average Bonchev–Trinajstić information content (AvgIpc) is 2.73. The van der Waals surface area contributed by atoms with Crippen LogP contribution in [0.15, 0.2) is 6.20 Å². The molecule has 0 amide bonds. The molecule has 2 rings (SSSR count). The molecule has 0 aromatic carbocycles. The number of hydrogen-bond donors (Lipinski definition) is 1. The average molecular weight is 223 g/mol. The van der Waals surface area contributed by atoms with Crippen LogP contribution in [0.1, 0.15) is 38.4 Å². The van der Waals surface area contributed by atoms with Crippen LogP contribution in [0.5, 0.6) is 5.75 Å². The van der Waals surface area contributed by atoms with Crippen molar-refractivity contribution in [3.8, 4) is 5.75 Å². The molecule has 0 saturated carbocycles. The van der Waals surface area contributed by atoms with Gasteiger partial charge in [0, 0.05) is 6.54 Å². The van der Waals surface area contributed by atoms with Crippen LogP contribution in [0, 0.1) is 5.92 Å². The highest BCUT2D eigenvalue weighted by atomic mass is 16.5. The van der Waals surface area contributed by atoms with Gasteiger partial charge in [-0.2, -0.15) is 5.10 Å². The molecule has 1 aliphatic heterocycles. The lowest BCUT2D eigenvalue weighted by atomic mass is 9.94. The maximum absolute atomic E-state index is 5.38. The lowest BCUT2D eigenvalue weighted by molar-refractivity contribution is 0.309. The van der Waals surface area contributed by atoms with Crippen molar-refractivity contribution >= 4 is 0 Å². The minimum absolute atomic E-state index is 0.397. The van der Waals surface area contributed by atoms with Crippen molar-refractivity contribution in [3.63, 3.8) is 0 Å². The van der Waals surface area contributed by atoms with Gasteiger partial charge in [0.15, 0.2) is 5.75 Å². The van der Waals surface area contributed by atoms with Gasteiger partial charge >= 0.3 is 0 Å².